The molecule has 1 amide bonds. The van der Waals surface area contributed by atoms with Crippen LogP contribution in [0.4, 0.5) is 0 Å². The highest BCUT2D eigenvalue weighted by molar-refractivity contribution is 5.87. The Morgan fingerprint density at radius 2 is 2.12 bits per heavy atom. The molecule has 0 fully saturated rings. The number of ether oxygens (including phenoxy) is 1. The van der Waals surface area contributed by atoms with Gasteiger partial charge in [-0.05, 0) is 42.7 Å². The first-order chi connectivity index (χ1) is 12.1. The molecule has 4 rings (SSSR count). The zero-order chi connectivity index (χ0) is 17.4. The summed E-state index contributed by atoms with van der Waals surface area (Å²) in [4.78, 5) is 18.1. The quantitative estimate of drug-likeness (QED) is 0.795. The molecule has 1 aliphatic rings. The maximum Gasteiger partial charge on any atom is 0.227 e. The number of aromatic nitrogens is 1. The van der Waals surface area contributed by atoms with Crippen molar-refractivity contribution in [2.24, 2.45) is 0 Å². The Hall–Kier alpha value is -2.75. The number of aromatic amines is 1. The molecule has 0 radical (unpaired) electrons. The summed E-state index contributed by atoms with van der Waals surface area (Å²) in [6.45, 7) is 3.47. The third kappa shape index (κ3) is 3.00. The summed E-state index contributed by atoms with van der Waals surface area (Å²) >= 11 is 0. The van der Waals surface area contributed by atoms with E-state index in [0.717, 1.165) is 35.5 Å². The number of hydrogen-bond acceptors (Lipinski definition) is 2. The number of amides is 1. The second-order valence-corrected chi connectivity index (χ2v) is 6.72. The van der Waals surface area contributed by atoms with E-state index < -0.39 is 0 Å². The molecule has 0 saturated heterocycles. The molecular weight excluding hydrogens is 312 g/mol. The van der Waals surface area contributed by atoms with Crippen molar-refractivity contribution < 1.29 is 9.53 Å². The summed E-state index contributed by atoms with van der Waals surface area (Å²) in [7, 11) is 1.69. The van der Waals surface area contributed by atoms with Crippen molar-refractivity contribution in [3.8, 4) is 5.75 Å². The van der Waals surface area contributed by atoms with Gasteiger partial charge in [0.15, 0.2) is 0 Å². The number of methoxy groups -OCH3 is 1. The molecule has 1 aromatic heterocycles. The van der Waals surface area contributed by atoms with Gasteiger partial charge in [-0.3, -0.25) is 4.79 Å². The van der Waals surface area contributed by atoms with Crippen LogP contribution >= 0.6 is 0 Å². The minimum absolute atomic E-state index is 0.187. The summed E-state index contributed by atoms with van der Waals surface area (Å²) in [6.07, 6.45) is 1.34. The van der Waals surface area contributed by atoms with E-state index in [0.29, 0.717) is 13.0 Å². The van der Waals surface area contributed by atoms with Crippen LogP contribution in [0.3, 0.4) is 0 Å². The third-order valence-electron chi connectivity index (χ3n) is 4.97. The zero-order valence-electron chi connectivity index (χ0n) is 14.6. The van der Waals surface area contributed by atoms with E-state index in [-0.39, 0.29) is 5.91 Å². The van der Waals surface area contributed by atoms with E-state index in [1.165, 1.54) is 16.5 Å². The van der Waals surface area contributed by atoms with Crippen molar-refractivity contribution in [2.75, 3.05) is 13.7 Å². The number of nitrogens with zero attached hydrogens (tertiary/aromatic N) is 1. The minimum Gasteiger partial charge on any atom is -0.497 e. The molecule has 0 atom stereocenters. The Labute approximate surface area is 147 Å². The topological polar surface area (TPSA) is 45.3 Å². The van der Waals surface area contributed by atoms with Gasteiger partial charge in [0.25, 0.3) is 0 Å². The van der Waals surface area contributed by atoms with Gasteiger partial charge in [-0.1, -0.05) is 29.8 Å². The average Bonchev–Trinajstić information content (AvgIpc) is 2.98. The van der Waals surface area contributed by atoms with Crippen LogP contribution in [-0.2, 0) is 24.2 Å². The number of nitrogens with one attached hydrogen (secondary N) is 1. The number of H-pyrrole nitrogens is 1. The van der Waals surface area contributed by atoms with E-state index in [1.54, 1.807) is 7.11 Å². The van der Waals surface area contributed by atoms with Gasteiger partial charge in [-0.2, -0.15) is 0 Å². The van der Waals surface area contributed by atoms with Crippen molar-refractivity contribution in [3.05, 3.63) is 64.8 Å². The van der Waals surface area contributed by atoms with E-state index in [4.69, 9.17) is 4.74 Å². The van der Waals surface area contributed by atoms with Crippen LogP contribution in [0.25, 0.3) is 10.9 Å². The highest BCUT2D eigenvalue weighted by Crippen LogP contribution is 2.30. The predicted octanol–water partition coefficient (Wildman–Crippen LogP) is 3.61. The van der Waals surface area contributed by atoms with Crippen molar-refractivity contribution >= 4 is 16.8 Å². The first-order valence-corrected chi connectivity index (χ1v) is 8.65. The van der Waals surface area contributed by atoms with Gasteiger partial charge < -0.3 is 14.6 Å². The van der Waals surface area contributed by atoms with Gasteiger partial charge in [0.05, 0.1) is 20.1 Å². The van der Waals surface area contributed by atoms with Crippen molar-refractivity contribution in [1.29, 1.82) is 0 Å². The molecule has 0 spiro atoms. The highest BCUT2D eigenvalue weighted by Gasteiger charge is 2.24. The first-order valence-electron chi connectivity index (χ1n) is 8.65. The van der Waals surface area contributed by atoms with Crippen LogP contribution < -0.4 is 4.74 Å². The van der Waals surface area contributed by atoms with Crippen LogP contribution in [0.15, 0.2) is 42.5 Å². The Morgan fingerprint density at radius 1 is 1.24 bits per heavy atom. The number of rotatable bonds is 3. The average molecular weight is 334 g/mol. The van der Waals surface area contributed by atoms with Crippen molar-refractivity contribution in [2.45, 2.75) is 26.3 Å². The highest BCUT2D eigenvalue weighted by atomic mass is 16.5. The summed E-state index contributed by atoms with van der Waals surface area (Å²) in [6, 6.07) is 14.3. The number of aryl methyl sites for hydroxylation is 1. The fourth-order valence-electron chi connectivity index (χ4n) is 3.67. The zero-order valence-corrected chi connectivity index (χ0v) is 14.6. The van der Waals surface area contributed by atoms with Crippen LogP contribution in [0.2, 0.25) is 0 Å². The van der Waals surface area contributed by atoms with Crippen molar-refractivity contribution in [3.63, 3.8) is 0 Å². The van der Waals surface area contributed by atoms with E-state index in [9.17, 15) is 4.79 Å². The fraction of sp³-hybridized carbons (Fsp3) is 0.286. The number of benzene rings is 2. The monoisotopic (exact) mass is 334 g/mol. The van der Waals surface area contributed by atoms with Gasteiger partial charge in [-0.25, -0.2) is 0 Å². The maximum atomic E-state index is 12.7. The minimum atomic E-state index is 0.187. The molecule has 2 aromatic carbocycles. The Bertz CT molecular complexity index is 942. The maximum absolute atomic E-state index is 12.7. The summed E-state index contributed by atoms with van der Waals surface area (Å²) in [5.74, 6) is 1.06. The number of hydrogen-bond donors (Lipinski definition) is 1. The molecule has 1 N–H and O–H groups in total. The van der Waals surface area contributed by atoms with Crippen molar-refractivity contribution in [1.82, 2.24) is 9.88 Å². The smallest absolute Gasteiger partial charge is 0.227 e. The molecule has 4 nitrogen and oxygen atoms in total. The van der Waals surface area contributed by atoms with Crippen LogP contribution in [0.5, 0.6) is 5.75 Å². The largest absolute Gasteiger partial charge is 0.497 e. The number of carbonyl (C=O) groups excluding carboxylic acids is 1. The summed E-state index contributed by atoms with van der Waals surface area (Å²) in [5.41, 5.74) is 5.84. The molecule has 1 aliphatic heterocycles. The van der Waals surface area contributed by atoms with Gasteiger partial charge in [0.1, 0.15) is 5.75 Å². The SMILES string of the molecule is COc1ccc2[nH]c3c(c2c1)CCN(C(=O)Cc1cccc(C)c1)C3. The van der Waals surface area contributed by atoms with E-state index in [2.05, 4.69) is 30.1 Å². The lowest BCUT2D eigenvalue weighted by atomic mass is 10.0. The second-order valence-electron chi connectivity index (χ2n) is 6.72. The van der Waals surface area contributed by atoms with Gasteiger partial charge in [-0.15, -0.1) is 0 Å². The molecule has 0 aliphatic carbocycles. The summed E-state index contributed by atoms with van der Waals surface area (Å²) in [5, 5.41) is 1.21. The third-order valence-corrected chi connectivity index (χ3v) is 4.97. The first kappa shape index (κ1) is 15.8. The van der Waals surface area contributed by atoms with Crippen LogP contribution in [-0.4, -0.2) is 29.4 Å². The number of fused-ring (bicyclic) bond motifs is 3. The van der Waals surface area contributed by atoms with Gasteiger partial charge >= 0.3 is 0 Å². The standard InChI is InChI=1S/C21H22N2O2/c1-14-4-3-5-15(10-14)11-21(24)23-9-8-17-18-12-16(25-2)6-7-19(18)22-20(17)13-23/h3-7,10,12,22H,8-9,11,13H2,1-2H3. The van der Waals surface area contributed by atoms with E-state index in [1.807, 2.05) is 29.2 Å². The molecule has 25 heavy (non-hydrogen) atoms. The lowest BCUT2D eigenvalue weighted by Gasteiger charge is -2.27. The second kappa shape index (κ2) is 6.28. The van der Waals surface area contributed by atoms with E-state index >= 15 is 0 Å². The molecule has 4 heteroatoms. The predicted molar refractivity (Wildman–Crippen MR) is 98.9 cm³/mol. The lowest BCUT2D eigenvalue weighted by Crippen LogP contribution is -2.36. The molecular formula is C21H22N2O2. The Balaban J connectivity index is 1.55. The molecule has 128 valence electrons. The normalized spacial score (nSPS) is 13.8. The molecule has 0 unspecified atom stereocenters. The fourth-order valence-corrected chi connectivity index (χ4v) is 3.67. The number of carbonyl (C=O) groups is 1. The Morgan fingerprint density at radius 3 is 2.92 bits per heavy atom. The lowest BCUT2D eigenvalue weighted by molar-refractivity contribution is -0.131. The molecule has 0 bridgehead atoms. The molecule has 2 heterocycles. The summed E-state index contributed by atoms with van der Waals surface area (Å²) < 4.78 is 5.34. The van der Waals surface area contributed by atoms with Crippen LogP contribution in [0.1, 0.15) is 22.4 Å². The van der Waals surface area contributed by atoms with Crippen LogP contribution in [0, 0.1) is 6.92 Å². The molecule has 3 aromatic rings. The molecule has 0 saturated carbocycles. The Kier molecular flexibility index (Phi) is 3.96. The van der Waals surface area contributed by atoms with Gasteiger partial charge in [0, 0.05) is 23.1 Å². The van der Waals surface area contributed by atoms with Gasteiger partial charge in [0.2, 0.25) is 5.91 Å².